The van der Waals surface area contributed by atoms with Crippen molar-refractivity contribution in [1.29, 1.82) is 0 Å². The third kappa shape index (κ3) is 4.33. The first-order valence-corrected chi connectivity index (χ1v) is 6.47. The summed E-state index contributed by atoms with van der Waals surface area (Å²) in [5, 5.41) is 10.4. The minimum atomic E-state index is -1.03. The van der Waals surface area contributed by atoms with Crippen molar-refractivity contribution in [2.24, 2.45) is 5.92 Å². The molecule has 0 spiro atoms. The van der Waals surface area contributed by atoms with Crippen molar-refractivity contribution >= 4 is 17.7 Å². The van der Waals surface area contributed by atoms with E-state index >= 15 is 0 Å². The van der Waals surface area contributed by atoms with Gasteiger partial charge < -0.3 is 15.6 Å². The molecule has 4 heteroatoms. The van der Waals surface area contributed by atoms with E-state index in [1.165, 1.54) is 32.1 Å². The molecule has 0 aromatic heterocycles. The first kappa shape index (κ1) is 11.9. The molecule has 0 unspecified atom stereocenters. The number of aliphatic carboxylic acids is 1. The van der Waals surface area contributed by atoms with Crippen molar-refractivity contribution in [3.63, 3.8) is 0 Å². The monoisotopic (exact) mass is 217 g/mol. The molecule has 0 heterocycles. The van der Waals surface area contributed by atoms with Crippen LogP contribution >= 0.6 is 11.8 Å². The second-order valence-electron chi connectivity index (χ2n) is 4.06. The quantitative estimate of drug-likeness (QED) is 0.685. The van der Waals surface area contributed by atoms with Gasteiger partial charge in [-0.15, -0.1) is 0 Å². The lowest BCUT2D eigenvalue weighted by Gasteiger charge is -2.21. The van der Waals surface area contributed by atoms with Crippen molar-refractivity contribution in [1.82, 2.24) is 0 Å². The molecular formula is C10H19NO2S. The summed E-state index contributed by atoms with van der Waals surface area (Å²) in [6.07, 6.45) is 6.71. The van der Waals surface area contributed by atoms with Gasteiger partial charge in [-0.25, -0.2) is 0 Å². The van der Waals surface area contributed by atoms with Crippen LogP contribution in [0.3, 0.4) is 0 Å². The van der Waals surface area contributed by atoms with Crippen LogP contribution in [-0.4, -0.2) is 23.5 Å². The number of carboxylic acid groups (broad SMARTS) is 1. The zero-order chi connectivity index (χ0) is 10.4. The van der Waals surface area contributed by atoms with Crippen LogP contribution in [0.5, 0.6) is 0 Å². The molecule has 1 fully saturated rings. The van der Waals surface area contributed by atoms with Crippen LogP contribution < -0.4 is 10.8 Å². The molecule has 0 bridgehead atoms. The number of thioether (sulfide) groups is 1. The molecule has 1 rings (SSSR count). The zero-order valence-electron chi connectivity index (χ0n) is 8.54. The van der Waals surface area contributed by atoms with E-state index in [9.17, 15) is 9.90 Å². The Hall–Kier alpha value is -0.220. The van der Waals surface area contributed by atoms with Crippen LogP contribution in [0.25, 0.3) is 0 Å². The molecule has 82 valence electrons. The van der Waals surface area contributed by atoms with E-state index in [-0.39, 0.29) is 0 Å². The maximum Gasteiger partial charge on any atom is 0.134 e. The third-order valence-electron chi connectivity index (χ3n) is 2.73. The summed E-state index contributed by atoms with van der Waals surface area (Å²) in [5.74, 6) is 1.47. The van der Waals surface area contributed by atoms with Gasteiger partial charge in [0, 0.05) is 0 Å². The Kier molecular flexibility index (Phi) is 5.33. The van der Waals surface area contributed by atoms with Gasteiger partial charge in [-0.05, 0) is 24.5 Å². The molecule has 0 amide bonds. The summed E-state index contributed by atoms with van der Waals surface area (Å²) in [5.41, 5.74) is 3.54. The van der Waals surface area contributed by atoms with E-state index in [2.05, 4.69) is 5.73 Å². The summed E-state index contributed by atoms with van der Waals surface area (Å²) >= 11 is 1.71. The SMILES string of the molecule is [NH3+][C@@H](CSCC1CCCCC1)C(=O)[O-]. The maximum atomic E-state index is 10.4. The highest BCUT2D eigenvalue weighted by Gasteiger charge is 2.14. The van der Waals surface area contributed by atoms with Crippen molar-refractivity contribution in [3.8, 4) is 0 Å². The summed E-state index contributed by atoms with van der Waals surface area (Å²) in [4.78, 5) is 10.4. The summed E-state index contributed by atoms with van der Waals surface area (Å²) < 4.78 is 0. The van der Waals surface area contributed by atoms with Crippen LogP contribution in [0.2, 0.25) is 0 Å². The number of hydrogen-bond donors (Lipinski definition) is 1. The second-order valence-corrected chi connectivity index (χ2v) is 5.13. The van der Waals surface area contributed by atoms with E-state index in [4.69, 9.17) is 0 Å². The van der Waals surface area contributed by atoms with Gasteiger partial charge >= 0.3 is 0 Å². The van der Waals surface area contributed by atoms with E-state index in [0.29, 0.717) is 5.75 Å². The lowest BCUT2D eigenvalue weighted by molar-refractivity contribution is -0.431. The number of carbonyl (C=O) groups is 1. The smallest absolute Gasteiger partial charge is 0.134 e. The van der Waals surface area contributed by atoms with Gasteiger partial charge in [0.2, 0.25) is 0 Å². The number of carboxylic acids is 1. The van der Waals surface area contributed by atoms with E-state index in [1.54, 1.807) is 11.8 Å². The highest BCUT2D eigenvalue weighted by atomic mass is 32.2. The summed E-state index contributed by atoms with van der Waals surface area (Å²) in [6, 6.07) is -0.552. The Balaban J connectivity index is 2.05. The van der Waals surface area contributed by atoms with Crippen molar-refractivity contribution in [2.45, 2.75) is 38.1 Å². The van der Waals surface area contributed by atoms with Gasteiger partial charge in [0.05, 0.1) is 11.7 Å². The molecule has 3 nitrogen and oxygen atoms in total. The van der Waals surface area contributed by atoms with Crippen LogP contribution in [0.15, 0.2) is 0 Å². The minimum Gasteiger partial charge on any atom is -0.544 e. The standard InChI is InChI=1S/C10H19NO2S/c11-9(10(12)13)7-14-6-8-4-2-1-3-5-8/h8-9H,1-7,11H2,(H,12,13)/t9-/m0/s1. The normalized spacial score (nSPS) is 20.6. The van der Waals surface area contributed by atoms with Crippen LogP contribution in [-0.2, 0) is 4.79 Å². The van der Waals surface area contributed by atoms with Gasteiger partial charge in [-0.2, -0.15) is 11.8 Å². The Morgan fingerprint density at radius 2 is 2.07 bits per heavy atom. The summed E-state index contributed by atoms with van der Waals surface area (Å²) in [7, 11) is 0. The molecule has 0 aromatic rings. The number of quaternary nitrogens is 1. The Morgan fingerprint density at radius 1 is 1.43 bits per heavy atom. The number of carbonyl (C=O) groups excluding carboxylic acids is 1. The number of rotatable bonds is 5. The van der Waals surface area contributed by atoms with Crippen LogP contribution in [0.1, 0.15) is 32.1 Å². The molecule has 1 aliphatic carbocycles. The van der Waals surface area contributed by atoms with E-state index in [0.717, 1.165) is 11.7 Å². The minimum absolute atomic E-state index is 0.552. The molecule has 0 saturated heterocycles. The average molecular weight is 217 g/mol. The highest BCUT2D eigenvalue weighted by molar-refractivity contribution is 7.99. The predicted octanol–water partition coefficient (Wildman–Crippen LogP) is -0.340. The predicted molar refractivity (Wildman–Crippen MR) is 55.6 cm³/mol. The van der Waals surface area contributed by atoms with E-state index < -0.39 is 12.0 Å². The molecule has 14 heavy (non-hydrogen) atoms. The first-order chi connectivity index (χ1) is 6.70. The molecule has 1 saturated carbocycles. The summed E-state index contributed by atoms with van der Waals surface area (Å²) in [6.45, 7) is 0. The zero-order valence-corrected chi connectivity index (χ0v) is 9.35. The third-order valence-corrected chi connectivity index (χ3v) is 4.08. The first-order valence-electron chi connectivity index (χ1n) is 5.32. The van der Waals surface area contributed by atoms with Crippen molar-refractivity contribution in [2.75, 3.05) is 11.5 Å². The lowest BCUT2D eigenvalue weighted by atomic mass is 9.91. The molecule has 1 aliphatic rings. The molecule has 0 aliphatic heterocycles. The highest BCUT2D eigenvalue weighted by Crippen LogP contribution is 2.26. The fourth-order valence-electron chi connectivity index (χ4n) is 1.80. The van der Waals surface area contributed by atoms with Gasteiger partial charge in [0.1, 0.15) is 6.04 Å². The molecule has 3 N–H and O–H groups in total. The van der Waals surface area contributed by atoms with Crippen molar-refractivity contribution < 1.29 is 15.6 Å². The Bertz CT molecular complexity index is 181. The van der Waals surface area contributed by atoms with Gasteiger partial charge in [-0.3, -0.25) is 0 Å². The Morgan fingerprint density at radius 3 is 2.64 bits per heavy atom. The van der Waals surface area contributed by atoms with E-state index in [1.807, 2.05) is 0 Å². The topological polar surface area (TPSA) is 67.8 Å². The molecular weight excluding hydrogens is 198 g/mol. The lowest BCUT2D eigenvalue weighted by Crippen LogP contribution is -2.69. The fourth-order valence-corrected chi connectivity index (χ4v) is 3.02. The van der Waals surface area contributed by atoms with Crippen molar-refractivity contribution in [3.05, 3.63) is 0 Å². The maximum absolute atomic E-state index is 10.4. The van der Waals surface area contributed by atoms with Gasteiger partial charge in [0.25, 0.3) is 0 Å². The molecule has 0 aromatic carbocycles. The number of hydrogen-bond acceptors (Lipinski definition) is 3. The Labute approximate surface area is 89.4 Å². The second kappa shape index (κ2) is 6.30. The van der Waals surface area contributed by atoms with Crippen LogP contribution in [0.4, 0.5) is 0 Å². The molecule has 0 radical (unpaired) electrons. The largest absolute Gasteiger partial charge is 0.544 e. The average Bonchev–Trinajstić information content (AvgIpc) is 2.19. The van der Waals surface area contributed by atoms with Gasteiger partial charge in [0.15, 0.2) is 0 Å². The fraction of sp³-hybridized carbons (Fsp3) is 0.900. The van der Waals surface area contributed by atoms with Gasteiger partial charge in [-0.1, -0.05) is 19.3 Å². The molecule has 1 atom stereocenters. The van der Waals surface area contributed by atoms with Crippen LogP contribution in [0, 0.1) is 5.92 Å².